The first-order valence-electron chi connectivity index (χ1n) is 11.3. The number of hydrogen-bond donors (Lipinski definition) is 1. The highest BCUT2D eigenvalue weighted by molar-refractivity contribution is 5.73. The number of hydrogen-bond acceptors (Lipinski definition) is 1. The smallest absolute Gasteiger partial charge is 0.217 e. The fourth-order valence-electron chi connectivity index (χ4n) is 7.59. The van der Waals surface area contributed by atoms with E-state index in [1.54, 1.807) is 0 Å². The Hall–Kier alpha value is -0.530. The van der Waals surface area contributed by atoms with Gasteiger partial charge in [0.25, 0.3) is 0 Å². The van der Waals surface area contributed by atoms with Crippen LogP contribution in [0.15, 0.2) is 0 Å². The molecule has 0 saturated heterocycles. The van der Waals surface area contributed by atoms with E-state index < -0.39 is 0 Å². The molecule has 0 aromatic rings. The zero-order valence-corrected chi connectivity index (χ0v) is 16.9. The fourth-order valence-corrected chi connectivity index (χ4v) is 7.59. The van der Waals surface area contributed by atoms with E-state index in [1.165, 1.54) is 64.2 Å². The van der Waals surface area contributed by atoms with Crippen LogP contribution in [-0.2, 0) is 4.79 Å². The van der Waals surface area contributed by atoms with Crippen molar-refractivity contribution >= 4 is 5.91 Å². The Morgan fingerprint density at radius 2 is 1.84 bits per heavy atom. The third-order valence-corrected chi connectivity index (χ3v) is 8.94. The van der Waals surface area contributed by atoms with Crippen LogP contribution >= 0.6 is 0 Å². The Balaban J connectivity index is 1.65. The van der Waals surface area contributed by atoms with Crippen molar-refractivity contribution in [3.05, 3.63) is 0 Å². The average Bonchev–Trinajstić information content (AvgIpc) is 2.93. The zero-order valence-electron chi connectivity index (χ0n) is 16.9. The molecule has 0 aromatic heterocycles. The van der Waals surface area contributed by atoms with E-state index >= 15 is 0 Å². The van der Waals surface area contributed by atoms with Gasteiger partial charge in [-0.1, -0.05) is 40.0 Å². The number of primary amides is 1. The highest BCUT2D eigenvalue weighted by Crippen LogP contribution is 2.60. The number of carbonyl (C=O) groups is 1. The maximum atomic E-state index is 11.0. The molecule has 0 bridgehead atoms. The van der Waals surface area contributed by atoms with Crippen LogP contribution in [0.4, 0.5) is 0 Å². The van der Waals surface area contributed by atoms with E-state index in [2.05, 4.69) is 20.8 Å². The molecule has 144 valence electrons. The minimum atomic E-state index is -0.128. The molecule has 2 nitrogen and oxygen atoms in total. The molecule has 7 atom stereocenters. The molecule has 4 unspecified atom stereocenters. The molecule has 0 aliphatic heterocycles. The van der Waals surface area contributed by atoms with Crippen LogP contribution in [0.25, 0.3) is 0 Å². The maximum absolute atomic E-state index is 11.0. The minimum Gasteiger partial charge on any atom is -0.370 e. The predicted octanol–water partition coefficient (Wildman–Crippen LogP) is 5.94. The third-order valence-electron chi connectivity index (χ3n) is 8.94. The Morgan fingerprint density at radius 1 is 1.08 bits per heavy atom. The first-order valence-corrected chi connectivity index (χ1v) is 11.3. The molecular formula is C23H41NO. The molecule has 3 rings (SSSR count). The lowest BCUT2D eigenvalue weighted by molar-refractivity contribution is -0.118. The Morgan fingerprint density at radius 3 is 2.56 bits per heavy atom. The van der Waals surface area contributed by atoms with Gasteiger partial charge in [0.2, 0.25) is 5.91 Å². The molecular weight excluding hydrogens is 306 g/mol. The van der Waals surface area contributed by atoms with Crippen molar-refractivity contribution in [2.24, 2.45) is 46.7 Å². The summed E-state index contributed by atoms with van der Waals surface area (Å²) in [5.74, 6) is 5.39. The number of nitrogens with two attached hydrogens (primary N) is 1. The van der Waals surface area contributed by atoms with Gasteiger partial charge in [-0.3, -0.25) is 4.79 Å². The van der Waals surface area contributed by atoms with Gasteiger partial charge in [0.05, 0.1) is 0 Å². The molecule has 2 heteroatoms. The predicted molar refractivity (Wildman–Crippen MR) is 105 cm³/mol. The van der Waals surface area contributed by atoms with Gasteiger partial charge in [-0.25, -0.2) is 0 Å². The summed E-state index contributed by atoms with van der Waals surface area (Å²) in [4.78, 5) is 11.0. The van der Waals surface area contributed by atoms with Crippen molar-refractivity contribution in [3.8, 4) is 0 Å². The number of carbonyl (C=O) groups excluding carboxylic acids is 1. The molecule has 25 heavy (non-hydrogen) atoms. The SMILES string of the molecule is CCC1C(C2CC[C@H](CCCC(N)=O)[C@@H]2C)CCC2CCCC[C@@]21C. The molecule has 3 saturated carbocycles. The highest BCUT2D eigenvalue weighted by Gasteiger charge is 2.51. The van der Waals surface area contributed by atoms with Gasteiger partial charge in [-0.15, -0.1) is 0 Å². The van der Waals surface area contributed by atoms with E-state index in [9.17, 15) is 4.79 Å². The van der Waals surface area contributed by atoms with Crippen LogP contribution in [0.5, 0.6) is 0 Å². The summed E-state index contributed by atoms with van der Waals surface area (Å²) in [6.45, 7) is 7.64. The van der Waals surface area contributed by atoms with Crippen molar-refractivity contribution in [2.45, 2.75) is 97.8 Å². The first-order chi connectivity index (χ1) is 12.0. The van der Waals surface area contributed by atoms with Gasteiger partial charge < -0.3 is 5.73 Å². The second-order valence-electron chi connectivity index (χ2n) is 9.92. The Bertz CT molecular complexity index is 461. The van der Waals surface area contributed by atoms with Gasteiger partial charge in [0, 0.05) is 6.42 Å². The average molecular weight is 348 g/mol. The number of amides is 1. The van der Waals surface area contributed by atoms with Crippen molar-refractivity contribution in [3.63, 3.8) is 0 Å². The monoisotopic (exact) mass is 347 g/mol. The largest absolute Gasteiger partial charge is 0.370 e. The second-order valence-corrected chi connectivity index (χ2v) is 9.92. The number of rotatable bonds is 6. The van der Waals surface area contributed by atoms with Gasteiger partial charge in [0.15, 0.2) is 0 Å². The van der Waals surface area contributed by atoms with Gasteiger partial charge in [0.1, 0.15) is 0 Å². The molecule has 3 fully saturated rings. The standard InChI is InChI=1S/C23H41NO/c1-4-21-20(14-12-18-9-5-6-15-23(18,21)3)19-13-11-17(16(19)2)8-7-10-22(24)25/h16-21H,4-15H2,1-3H3,(H2,24,25)/t16-,17-,18?,19?,20?,21?,23-/m0/s1. The van der Waals surface area contributed by atoms with E-state index in [-0.39, 0.29) is 5.91 Å². The van der Waals surface area contributed by atoms with Crippen LogP contribution in [0, 0.1) is 40.9 Å². The molecule has 3 aliphatic carbocycles. The molecule has 0 heterocycles. The van der Waals surface area contributed by atoms with Crippen molar-refractivity contribution in [1.82, 2.24) is 0 Å². The van der Waals surface area contributed by atoms with Gasteiger partial charge in [-0.05, 0) is 92.3 Å². The van der Waals surface area contributed by atoms with Gasteiger partial charge in [-0.2, -0.15) is 0 Å². The third kappa shape index (κ3) is 3.78. The summed E-state index contributed by atoms with van der Waals surface area (Å²) >= 11 is 0. The second kappa shape index (κ2) is 8.01. The summed E-state index contributed by atoms with van der Waals surface area (Å²) in [6.07, 6.45) is 15.9. The van der Waals surface area contributed by atoms with Crippen molar-refractivity contribution in [1.29, 1.82) is 0 Å². The van der Waals surface area contributed by atoms with E-state index in [4.69, 9.17) is 5.73 Å². The van der Waals surface area contributed by atoms with Crippen LogP contribution < -0.4 is 5.73 Å². The van der Waals surface area contributed by atoms with E-state index in [1.807, 2.05) is 0 Å². The Labute approximate surface area is 155 Å². The normalized spacial score (nSPS) is 44.4. The van der Waals surface area contributed by atoms with Crippen LogP contribution in [0.2, 0.25) is 0 Å². The van der Waals surface area contributed by atoms with Crippen molar-refractivity contribution < 1.29 is 4.79 Å². The van der Waals surface area contributed by atoms with Gasteiger partial charge >= 0.3 is 0 Å². The Kier molecular flexibility index (Phi) is 6.16. The lowest BCUT2D eigenvalue weighted by Crippen LogP contribution is -2.47. The lowest BCUT2D eigenvalue weighted by atomic mass is 9.49. The first kappa shape index (κ1) is 19.2. The molecule has 1 amide bonds. The highest BCUT2D eigenvalue weighted by atomic mass is 16.1. The molecule has 0 spiro atoms. The van der Waals surface area contributed by atoms with Crippen LogP contribution in [0.3, 0.4) is 0 Å². The minimum absolute atomic E-state index is 0.128. The molecule has 3 aliphatic rings. The summed E-state index contributed by atoms with van der Waals surface area (Å²) < 4.78 is 0. The van der Waals surface area contributed by atoms with E-state index in [0.717, 1.165) is 41.9 Å². The topological polar surface area (TPSA) is 43.1 Å². The molecule has 0 radical (unpaired) electrons. The molecule has 0 aromatic carbocycles. The summed E-state index contributed by atoms with van der Waals surface area (Å²) in [5, 5.41) is 0. The summed E-state index contributed by atoms with van der Waals surface area (Å²) in [5.41, 5.74) is 5.95. The van der Waals surface area contributed by atoms with Crippen LogP contribution in [-0.4, -0.2) is 5.91 Å². The maximum Gasteiger partial charge on any atom is 0.217 e. The molecule has 2 N–H and O–H groups in total. The lowest BCUT2D eigenvalue weighted by Gasteiger charge is -2.55. The summed E-state index contributed by atoms with van der Waals surface area (Å²) in [7, 11) is 0. The number of fused-ring (bicyclic) bond motifs is 1. The summed E-state index contributed by atoms with van der Waals surface area (Å²) in [6, 6.07) is 0. The van der Waals surface area contributed by atoms with E-state index in [0.29, 0.717) is 11.8 Å². The van der Waals surface area contributed by atoms with Crippen molar-refractivity contribution in [2.75, 3.05) is 0 Å². The zero-order chi connectivity index (χ0) is 18.0. The van der Waals surface area contributed by atoms with Crippen LogP contribution in [0.1, 0.15) is 97.8 Å². The quantitative estimate of drug-likeness (QED) is 0.635. The fraction of sp³-hybridized carbons (Fsp3) is 0.957.